The number of nitrogens with two attached hydrogens (primary N) is 1. The lowest BCUT2D eigenvalue weighted by Gasteiger charge is -2.26. The molecule has 1 aliphatic rings. The Bertz CT molecular complexity index is 1340. The van der Waals surface area contributed by atoms with Gasteiger partial charge in [0.25, 0.3) is 0 Å². The third-order valence-corrected chi connectivity index (χ3v) is 7.08. The second-order valence-corrected chi connectivity index (χ2v) is 9.42. The Morgan fingerprint density at radius 3 is 2.56 bits per heavy atom. The van der Waals surface area contributed by atoms with E-state index in [9.17, 15) is 0 Å². The van der Waals surface area contributed by atoms with Crippen molar-refractivity contribution in [3.05, 3.63) is 41.8 Å². The maximum atomic E-state index is 15.8. The third kappa shape index (κ3) is 4.33. The van der Waals surface area contributed by atoms with Crippen molar-refractivity contribution in [2.75, 3.05) is 39.6 Å². The van der Waals surface area contributed by atoms with Crippen LogP contribution in [0.5, 0.6) is 23.0 Å². The minimum Gasteiger partial charge on any atom is -0.493 e. The molecule has 3 heterocycles. The van der Waals surface area contributed by atoms with Gasteiger partial charge in [0.1, 0.15) is 5.75 Å². The van der Waals surface area contributed by atoms with E-state index in [1.165, 1.54) is 30.6 Å². The minimum atomic E-state index is -0.403. The molecule has 2 N–H and O–H groups in total. The number of hydrogen-bond donors (Lipinski definition) is 1. The molecule has 1 fully saturated rings. The predicted octanol–water partition coefficient (Wildman–Crippen LogP) is 5.40. The molecule has 4 aromatic rings. The topological polar surface area (TPSA) is 82.7 Å². The van der Waals surface area contributed by atoms with Crippen LogP contribution in [0.1, 0.15) is 24.8 Å². The summed E-state index contributed by atoms with van der Waals surface area (Å²) in [4.78, 5) is 11.2. The number of hydrogen-bond acceptors (Lipinski definition) is 8. The smallest absolute Gasteiger partial charge is 0.181 e. The fourth-order valence-electron chi connectivity index (χ4n) is 4.51. The van der Waals surface area contributed by atoms with Gasteiger partial charge in [0, 0.05) is 35.8 Å². The summed E-state index contributed by atoms with van der Waals surface area (Å²) < 4.78 is 33.6. The van der Waals surface area contributed by atoms with Crippen molar-refractivity contribution in [2.24, 2.45) is 0 Å². The van der Waals surface area contributed by atoms with Crippen molar-refractivity contribution in [3.63, 3.8) is 0 Å². The number of piperidine rings is 1. The Balaban J connectivity index is 1.54. The number of methoxy groups -OCH3 is 2. The van der Waals surface area contributed by atoms with Crippen molar-refractivity contribution in [3.8, 4) is 23.0 Å². The van der Waals surface area contributed by atoms with E-state index < -0.39 is 5.82 Å². The molecule has 2 aromatic heterocycles. The summed E-state index contributed by atoms with van der Waals surface area (Å²) >= 11 is 1.33. The van der Waals surface area contributed by atoms with Crippen molar-refractivity contribution in [1.29, 1.82) is 0 Å². The van der Waals surface area contributed by atoms with Crippen LogP contribution in [0.15, 0.2) is 30.5 Å². The molecule has 7 nitrogen and oxygen atoms in total. The second kappa shape index (κ2) is 9.60. The van der Waals surface area contributed by atoms with Crippen LogP contribution in [0.3, 0.4) is 0 Å². The van der Waals surface area contributed by atoms with E-state index in [0.29, 0.717) is 50.8 Å². The van der Waals surface area contributed by atoms with Crippen LogP contribution >= 0.6 is 11.3 Å². The third-order valence-electron chi connectivity index (χ3n) is 6.25. The lowest BCUT2D eigenvalue weighted by Crippen LogP contribution is -2.31. The number of nitrogens with zero attached hydrogens (tertiary/aromatic N) is 3. The molecule has 0 spiro atoms. The Labute approximate surface area is 201 Å². The molecular formula is C25H27FN4O3S. The van der Waals surface area contributed by atoms with Gasteiger partial charge in [-0.05, 0) is 44.5 Å². The number of halogens is 1. The number of thiazole rings is 1. The molecule has 178 valence electrons. The number of aromatic nitrogens is 2. The van der Waals surface area contributed by atoms with Gasteiger partial charge in [-0.15, -0.1) is 0 Å². The highest BCUT2D eigenvalue weighted by atomic mass is 32.1. The van der Waals surface area contributed by atoms with Gasteiger partial charge in [-0.2, -0.15) is 0 Å². The Morgan fingerprint density at radius 1 is 1.03 bits per heavy atom. The van der Waals surface area contributed by atoms with Gasteiger partial charge in [0.2, 0.25) is 0 Å². The largest absolute Gasteiger partial charge is 0.493 e. The van der Waals surface area contributed by atoms with Crippen LogP contribution in [0.2, 0.25) is 0 Å². The van der Waals surface area contributed by atoms with Gasteiger partial charge in [-0.25, -0.2) is 9.37 Å². The number of anilines is 1. The minimum absolute atomic E-state index is 0.145. The number of nitrogen functional groups attached to an aromatic ring is 1. The molecule has 34 heavy (non-hydrogen) atoms. The van der Waals surface area contributed by atoms with Crippen LogP contribution in [0.25, 0.3) is 21.1 Å². The first-order chi connectivity index (χ1) is 16.6. The zero-order valence-electron chi connectivity index (χ0n) is 19.3. The standard InChI is InChI=1S/C25H27FN4O3S/c1-31-19-12-16-17(13-20(19)32-2)28-8-6-18(16)33-21-14-22-24(29-25(27)34-22)15(23(21)26)7-11-30-9-4-3-5-10-30/h6,8,12-14H,3-5,7,9-11H2,1-2H3,(H2,27,29). The maximum Gasteiger partial charge on any atom is 0.181 e. The van der Waals surface area contributed by atoms with Crippen LogP contribution < -0.4 is 19.9 Å². The number of pyridine rings is 1. The first-order valence-electron chi connectivity index (χ1n) is 11.4. The highest BCUT2D eigenvalue weighted by Crippen LogP contribution is 2.40. The predicted molar refractivity (Wildman–Crippen MR) is 133 cm³/mol. The van der Waals surface area contributed by atoms with E-state index in [4.69, 9.17) is 19.9 Å². The summed E-state index contributed by atoms with van der Waals surface area (Å²) in [6, 6.07) is 6.95. The molecule has 0 bridgehead atoms. The Hall–Kier alpha value is -3.17. The summed E-state index contributed by atoms with van der Waals surface area (Å²) in [7, 11) is 3.14. The number of likely N-dealkylation sites (tertiary alicyclic amines) is 1. The van der Waals surface area contributed by atoms with E-state index in [1.807, 2.05) is 0 Å². The molecule has 2 aromatic carbocycles. The first kappa shape index (κ1) is 22.6. The SMILES string of the molecule is COc1cc2nccc(Oc3cc4sc(N)nc4c(CCN4CCCCC4)c3F)c2cc1OC. The first-order valence-corrected chi connectivity index (χ1v) is 12.2. The highest BCUT2D eigenvalue weighted by molar-refractivity contribution is 7.22. The van der Waals surface area contributed by atoms with E-state index >= 15 is 4.39 Å². The molecule has 5 rings (SSSR count). The maximum absolute atomic E-state index is 15.8. The van der Waals surface area contributed by atoms with Gasteiger partial charge in [0.05, 0.1) is 30.0 Å². The normalized spacial score (nSPS) is 14.6. The quantitative estimate of drug-likeness (QED) is 0.377. The summed E-state index contributed by atoms with van der Waals surface area (Å²) in [6.45, 7) is 2.88. The summed E-state index contributed by atoms with van der Waals surface area (Å²) in [5.74, 6) is 1.32. The molecule has 1 saturated heterocycles. The van der Waals surface area contributed by atoms with Gasteiger partial charge >= 0.3 is 0 Å². The molecule has 0 saturated carbocycles. The Kier molecular flexibility index (Phi) is 6.38. The van der Waals surface area contributed by atoms with Crippen molar-refractivity contribution in [1.82, 2.24) is 14.9 Å². The summed E-state index contributed by atoms with van der Waals surface area (Å²) in [5.41, 5.74) is 7.81. The molecule has 0 unspecified atom stereocenters. The molecule has 9 heteroatoms. The van der Waals surface area contributed by atoms with Crippen LogP contribution in [0, 0.1) is 5.82 Å². The van der Waals surface area contributed by atoms with E-state index in [0.717, 1.165) is 24.3 Å². The lowest BCUT2D eigenvalue weighted by atomic mass is 10.1. The molecular weight excluding hydrogens is 455 g/mol. The fraction of sp³-hybridized carbons (Fsp3) is 0.360. The van der Waals surface area contributed by atoms with Crippen LogP contribution in [-0.2, 0) is 6.42 Å². The van der Waals surface area contributed by atoms with Crippen molar-refractivity contribution in [2.45, 2.75) is 25.7 Å². The second-order valence-electron chi connectivity index (χ2n) is 8.35. The average Bonchev–Trinajstić information content (AvgIpc) is 3.23. The van der Waals surface area contributed by atoms with Crippen LogP contribution in [0.4, 0.5) is 9.52 Å². The Morgan fingerprint density at radius 2 is 1.79 bits per heavy atom. The molecule has 1 aliphatic heterocycles. The van der Waals surface area contributed by atoms with E-state index in [-0.39, 0.29) is 5.75 Å². The zero-order valence-corrected chi connectivity index (χ0v) is 20.1. The average molecular weight is 483 g/mol. The van der Waals surface area contributed by atoms with Crippen LogP contribution in [-0.4, -0.2) is 48.7 Å². The monoisotopic (exact) mass is 482 g/mol. The fourth-order valence-corrected chi connectivity index (χ4v) is 5.30. The lowest BCUT2D eigenvalue weighted by molar-refractivity contribution is 0.231. The highest BCUT2D eigenvalue weighted by Gasteiger charge is 2.21. The molecule has 0 amide bonds. The van der Waals surface area contributed by atoms with E-state index in [1.54, 1.807) is 44.7 Å². The van der Waals surface area contributed by atoms with Gasteiger partial charge in [-0.3, -0.25) is 4.98 Å². The number of rotatable bonds is 7. The molecule has 0 atom stereocenters. The van der Waals surface area contributed by atoms with Crippen molar-refractivity contribution < 1.29 is 18.6 Å². The van der Waals surface area contributed by atoms with Gasteiger partial charge < -0.3 is 24.8 Å². The molecule has 0 radical (unpaired) electrons. The number of benzene rings is 2. The zero-order chi connectivity index (χ0) is 23.7. The number of fused-ring (bicyclic) bond motifs is 2. The van der Waals surface area contributed by atoms with Crippen molar-refractivity contribution >= 4 is 37.6 Å². The summed E-state index contributed by atoms with van der Waals surface area (Å²) in [6.07, 6.45) is 5.81. The van der Waals surface area contributed by atoms with E-state index in [2.05, 4.69) is 14.9 Å². The molecule has 0 aliphatic carbocycles. The van der Waals surface area contributed by atoms with Gasteiger partial charge in [-0.1, -0.05) is 17.8 Å². The van der Waals surface area contributed by atoms with Gasteiger partial charge in [0.15, 0.2) is 28.2 Å². The number of ether oxygens (including phenoxy) is 3. The summed E-state index contributed by atoms with van der Waals surface area (Å²) in [5, 5.41) is 1.11.